The van der Waals surface area contributed by atoms with Crippen LogP contribution in [0.3, 0.4) is 0 Å². The van der Waals surface area contributed by atoms with Gasteiger partial charge in [-0.05, 0) is 68.4 Å². The van der Waals surface area contributed by atoms with Gasteiger partial charge in [-0.2, -0.15) is 0 Å². The highest BCUT2D eigenvalue weighted by molar-refractivity contribution is 5.96. The summed E-state index contributed by atoms with van der Waals surface area (Å²) in [6, 6.07) is 5.71. The van der Waals surface area contributed by atoms with Gasteiger partial charge in [-0.25, -0.2) is 0 Å². The Balaban J connectivity index is 1.37. The van der Waals surface area contributed by atoms with Crippen LogP contribution in [0.4, 0.5) is 5.69 Å². The number of hydrogen-bond donors (Lipinski definition) is 1. The van der Waals surface area contributed by atoms with Crippen molar-refractivity contribution in [2.75, 3.05) is 18.5 Å². The largest absolute Gasteiger partial charge is 0.486 e. The van der Waals surface area contributed by atoms with Gasteiger partial charge < -0.3 is 14.8 Å². The molecule has 4 nitrogen and oxygen atoms in total. The molecule has 1 N–H and O–H groups in total. The SMILES string of the molecule is O=C(Nc1ccc2c(c1)OCCO2)C12CC3CC(CC(C3)C1)C2. The monoisotopic (exact) mass is 313 g/mol. The fourth-order valence-electron chi connectivity index (χ4n) is 5.77. The van der Waals surface area contributed by atoms with Gasteiger partial charge in [-0.3, -0.25) is 4.79 Å². The third-order valence-electron chi connectivity index (χ3n) is 6.32. The predicted octanol–water partition coefficient (Wildman–Crippen LogP) is 3.61. The zero-order valence-corrected chi connectivity index (χ0v) is 13.3. The number of amides is 1. The molecule has 1 heterocycles. The number of anilines is 1. The molecule has 5 aliphatic rings. The first-order chi connectivity index (χ1) is 11.2. The average Bonchev–Trinajstić information content (AvgIpc) is 2.53. The van der Waals surface area contributed by atoms with Crippen LogP contribution in [0.2, 0.25) is 0 Å². The van der Waals surface area contributed by atoms with E-state index in [1.54, 1.807) is 0 Å². The summed E-state index contributed by atoms with van der Waals surface area (Å²) in [4.78, 5) is 13.1. The van der Waals surface area contributed by atoms with E-state index < -0.39 is 0 Å². The van der Waals surface area contributed by atoms with Crippen LogP contribution < -0.4 is 14.8 Å². The van der Waals surface area contributed by atoms with Crippen molar-refractivity contribution in [1.29, 1.82) is 0 Å². The van der Waals surface area contributed by atoms with Crippen LogP contribution >= 0.6 is 0 Å². The summed E-state index contributed by atoms with van der Waals surface area (Å²) < 4.78 is 11.2. The number of carbonyl (C=O) groups is 1. The molecule has 4 saturated carbocycles. The molecule has 4 fully saturated rings. The van der Waals surface area contributed by atoms with Gasteiger partial charge in [-0.1, -0.05) is 0 Å². The standard InChI is InChI=1S/C19H23NO3/c21-18(19-9-12-5-13(10-19)7-14(6-12)11-19)20-15-1-2-16-17(8-15)23-4-3-22-16/h1-2,8,12-14H,3-7,9-11H2,(H,20,21). The Morgan fingerprint density at radius 2 is 1.57 bits per heavy atom. The van der Waals surface area contributed by atoms with E-state index in [1.165, 1.54) is 19.3 Å². The lowest BCUT2D eigenvalue weighted by atomic mass is 9.49. The lowest BCUT2D eigenvalue weighted by Gasteiger charge is -2.55. The predicted molar refractivity (Wildman–Crippen MR) is 86.7 cm³/mol. The first kappa shape index (κ1) is 13.7. The minimum Gasteiger partial charge on any atom is -0.486 e. The lowest BCUT2D eigenvalue weighted by Crippen LogP contribution is -2.51. The first-order valence-corrected chi connectivity index (χ1v) is 8.91. The Kier molecular flexibility index (Phi) is 2.91. The Morgan fingerprint density at radius 3 is 2.22 bits per heavy atom. The van der Waals surface area contributed by atoms with Crippen molar-refractivity contribution in [3.8, 4) is 11.5 Å². The molecule has 1 amide bonds. The summed E-state index contributed by atoms with van der Waals surface area (Å²) in [5.74, 6) is 4.09. The molecule has 4 aliphatic carbocycles. The molecule has 1 aromatic rings. The number of hydrogen-bond acceptors (Lipinski definition) is 3. The van der Waals surface area contributed by atoms with Crippen molar-refractivity contribution in [2.45, 2.75) is 38.5 Å². The number of carbonyl (C=O) groups excluding carboxylic acids is 1. The normalized spacial score (nSPS) is 36.8. The minimum atomic E-state index is -0.109. The molecule has 122 valence electrons. The third-order valence-corrected chi connectivity index (χ3v) is 6.32. The first-order valence-electron chi connectivity index (χ1n) is 8.91. The number of benzene rings is 1. The highest BCUT2D eigenvalue weighted by Gasteiger charge is 2.54. The number of fused-ring (bicyclic) bond motifs is 1. The molecule has 0 radical (unpaired) electrons. The summed E-state index contributed by atoms with van der Waals surface area (Å²) in [6.07, 6.45) is 7.35. The highest BCUT2D eigenvalue weighted by Crippen LogP contribution is 2.60. The summed E-state index contributed by atoms with van der Waals surface area (Å²) in [7, 11) is 0. The summed E-state index contributed by atoms with van der Waals surface area (Å²) in [5, 5.41) is 3.17. The van der Waals surface area contributed by atoms with Crippen molar-refractivity contribution >= 4 is 11.6 Å². The van der Waals surface area contributed by atoms with Crippen LogP contribution in [0.15, 0.2) is 18.2 Å². The molecule has 1 aliphatic heterocycles. The smallest absolute Gasteiger partial charge is 0.230 e. The fraction of sp³-hybridized carbons (Fsp3) is 0.632. The van der Waals surface area contributed by atoms with Crippen molar-refractivity contribution in [3.63, 3.8) is 0 Å². The molecule has 4 bridgehead atoms. The highest BCUT2D eigenvalue weighted by atomic mass is 16.6. The summed E-state index contributed by atoms with van der Waals surface area (Å²) in [5.41, 5.74) is 0.720. The van der Waals surface area contributed by atoms with Crippen molar-refractivity contribution < 1.29 is 14.3 Å². The van der Waals surface area contributed by atoms with Crippen LogP contribution in [0, 0.1) is 23.2 Å². The van der Waals surface area contributed by atoms with Gasteiger partial charge in [0.2, 0.25) is 5.91 Å². The second-order valence-electron chi connectivity index (χ2n) is 8.01. The maximum absolute atomic E-state index is 13.1. The molecule has 0 saturated heterocycles. The molecule has 1 aromatic carbocycles. The number of ether oxygens (including phenoxy) is 2. The van der Waals surface area contributed by atoms with E-state index in [9.17, 15) is 4.79 Å². The number of nitrogens with one attached hydrogen (secondary N) is 1. The molecule has 0 aromatic heterocycles. The van der Waals surface area contributed by atoms with Gasteiger partial charge in [0.15, 0.2) is 11.5 Å². The van der Waals surface area contributed by atoms with Gasteiger partial charge >= 0.3 is 0 Å². The molecular formula is C19H23NO3. The van der Waals surface area contributed by atoms with E-state index in [0.29, 0.717) is 13.2 Å². The summed E-state index contributed by atoms with van der Waals surface area (Å²) in [6.45, 7) is 1.16. The Morgan fingerprint density at radius 1 is 0.957 bits per heavy atom. The zero-order chi connectivity index (χ0) is 15.4. The van der Waals surface area contributed by atoms with Gasteiger partial charge in [0.1, 0.15) is 13.2 Å². The molecule has 23 heavy (non-hydrogen) atoms. The second kappa shape index (κ2) is 4.89. The van der Waals surface area contributed by atoms with Gasteiger partial charge in [0.25, 0.3) is 0 Å². The zero-order valence-electron chi connectivity index (χ0n) is 13.3. The Bertz CT molecular complexity index is 619. The second-order valence-corrected chi connectivity index (χ2v) is 8.01. The van der Waals surface area contributed by atoms with E-state index in [2.05, 4.69) is 5.32 Å². The quantitative estimate of drug-likeness (QED) is 0.907. The Labute approximate surface area is 136 Å². The topological polar surface area (TPSA) is 47.6 Å². The lowest BCUT2D eigenvalue weighted by molar-refractivity contribution is -0.140. The number of rotatable bonds is 2. The Hall–Kier alpha value is -1.71. The van der Waals surface area contributed by atoms with Crippen LogP contribution in [0.5, 0.6) is 11.5 Å². The van der Waals surface area contributed by atoms with Crippen molar-refractivity contribution in [3.05, 3.63) is 18.2 Å². The molecule has 6 rings (SSSR count). The summed E-state index contributed by atoms with van der Waals surface area (Å²) >= 11 is 0. The van der Waals surface area contributed by atoms with E-state index in [0.717, 1.165) is 54.2 Å². The van der Waals surface area contributed by atoms with Gasteiger partial charge in [0, 0.05) is 11.8 Å². The molecule has 0 spiro atoms. The van der Waals surface area contributed by atoms with E-state index in [-0.39, 0.29) is 11.3 Å². The van der Waals surface area contributed by atoms with Gasteiger partial charge in [-0.15, -0.1) is 0 Å². The van der Waals surface area contributed by atoms with E-state index in [4.69, 9.17) is 9.47 Å². The van der Waals surface area contributed by atoms with Crippen LogP contribution in [-0.2, 0) is 4.79 Å². The van der Waals surface area contributed by atoms with Crippen LogP contribution in [-0.4, -0.2) is 19.1 Å². The van der Waals surface area contributed by atoms with Gasteiger partial charge in [0.05, 0.1) is 5.41 Å². The van der Waals surface area contributed by atoms with E-state index >= 15 is 0 Å². The molecule has 0 atom stereocenters. The van der Waals surface area contributed by atoms with Crippen molar-refractivity contribution in [2.24, 2.45) is 23.2 Å². The average molecular weight is 313 g/mol. The molecular weight excluding hydrogens is 290 g/mol. The van der Waals surface area contributed by atoms with Crippen LogP contribution in [0.1, 0.15) is 38.5 Å². The maximum Gasteiger partial charge on any atom is 0.230 e. The minimum absolute atomic E-state index is 0.109. The molecule has 0 unspecified atom stereocenters. The molecule has 4 heteroatoms. The maximum atomic E-state index is 13.1. The third kappa shape index (κ3) is 2.22. The van der Waals surface area contributed by atoms with E-state index in [1.807, 2.05) is 18.2 Å². The van der Waals surface area contributed by atoms with Crippen molar-refractivity contribution in [1.82, 2.24) is 0 Å². The fourth-order valence-corrected chi connectivity index (χ4v) is 5.77. The van der Waals surface area contributed by atoms with Crippen LogP contribution in [0.25, 0.3) is 0 Å².